The quantitative estimate of drug-likeness (QED) is 0.902. The van der Waals surface area contributed by atoms with Gasteiger partial charge in [-0.15, -0.1) is 0 Å². The second-order valence-corrected chi connectivity index (χ2v) is 6.00. The van der Waals surface area contributed by atoms with Gasteiger partial charge in [-0.3, -0.25) is 9.88 Å². The van der Waals surface area contributed by atoms with E-state index in [4.69, 9.17) is 0 Å². The highest BCUT2D eigenvalue weighted by Gasteiger charge is 2.20. The van der Waals surface area contributed by atoms with Gasteiger partial charge in [0.2, 0.25) is 0 Å². The lowest BCUT2D eigenvalue weighted by molar-refractivity contribution is 0.134. The molecule has 0 saturated carbocycles. The fourth-order valence-corrected chi connectivity index (χ4v) is 2.41. The summed E-state index contributed by atoms with van der Waals surface area (Å²) in [4.78, 5) is 20.6. The summed E-state index contributed by atoms with van der Waals surface area (Å²) in [7, 11) is 0. The molecule has 0 aliphatic carbocycles. The van der Waals surface area contributed by atoms with Gasteiger partial charge in [0, 0.05) is 45.5 Å². The van der Waals surface area contributed by atoms with Gasteiger partial charge in [-0.05, 0) is 24.5 Å². The Bertz CT molecular complexity index is 427. The molecule has 2 amide bonds. The number of hydrogen-bond acceptors (Lipinski definition) is 3. The number of hydrogen-bond donors (Lipinski definition) is 1. The Kier molecular flexibility index (Phi) is 5.99. The van der Waals surface area contributed by atoms with Crippen molar-refractivity contribution in [3.05, 3.63) is 30.1 Å². The summed E-state index contributed by atoms with van der Waals surface area (Å²) < 4.78 is 0. The SMILES string of the molecule is CC(C)CCNC(=O)N1CCN(Cc2ccccn2)CC1. The number of piperazine rings is 1. The van der Waals surface area contributed by atoms with Crippen molar-refractivity contribution in [3.63, 3.8) is 0 Å². The maximum Gasteiger partial charge on any atom is 0.317 e. The third-order valence-electron chi connectivity index (χ3n) is 3.77. The van der Waals surface area contributed by atoms with Crippen molar-refractivity contribution in [2.24, 2.45) is 5.92 Å². The van der Waals surface area contributed by atoms with E-state index < -0.39 is 0 Å². The Morgan fingerprint density at radius 3 is 2.67 bits per heavy atom. The van der Waals surface area contributed by atoms with Crippen molar-refractivity contribution >= 4 is 6.03 Å². The normalized spacial score (nSPS) is 16.2. The van der Waals surface area contributed by atoms with Crippen LogP contribution in [0.2, 0.25) is 0 Å². The average Bonchev–Trinajstić information content (AvgIpc) is 2.48. The topological polar surface area (TPSA) is 48.5 Å². The minimum atomic E-state index is 0.0770. The van der Waals surface area contributed by atoms with E-state index in [0.29, 0.717) is 5.92 Å². The molecule has 0 unspecified atom stereocenters. The molecule has 1 aromatic rings. The monoisotopic (exact) mass is 290 g/mol. The van der Waals surface area contributed by atoms with Crippen molar-refractivity contribution in [3.8, 4) is 0 Å². The molecule has 1 aliphatic heterocycles. The number of nitrogens with one attached hydrogen (secondary N) is 1. The van der Waals surface area contributed by atoms with E-state index in [0.717, 1.165) is 51.4 Å². The molecule has 1 fully saturated rings. The minimum Gasteiger partial charge on any atom is -0.338 e. The number of urea groups is 1. The summed E-state index contributed by atoms with van der Waals surface area (Å²) in [6.07, 6.45) is 2.86. The standard InChI is InChI=1S/C16H26N4O/c1-14(2)6-8-18-16(21)20-11-9-19(10-12-20)13-15-5-3-4-7-17-15/h3-5,7,14H,6,8-13H2,1-2H3,(H,18,21). The maximum atomic E-state index is 12.0. The second-order valence-electron chi connectivity index (χ2n) is 6.00. The van der Waals surface area contributed by atoms with E-state index >= 15 is 0 Å². The first-order valence-electron chi connectivity index (χ1n) is 7.80. The average molecular weight is 290 g/mol. The smallest absolute Gasteiger partial charge is 0.317 e. The summed E-state index contributed by atoms with van der Waals surface area (Å²) in [6, 6.07) is 6.07. The summed E-state index contributed by atoms with van der Waals surface area (Å²) in [5.41, 5.74) is 1.09. The van der Waals surface area contributed by atoms with Crippen LogP contribution in [0.1, 0.15) is 26.0 Å². The number of nitrogens with zero attached hydrogens (tertiary/aromatic N) is 3. The molecule has 1 N–H and O–H groups in total. The molecule has 0 radical (unpaired) electrons. The number of carbonyl (C=O) groups excluding carboxylic acids is 1. The lowest BCUT2D eigenvalue weighted by atomic mass is 10.1. The van der Waals surface area contributed by atoms with E-state index in [1.54, 1.807) is 0 Å². The molecule has 1 saturated heterocycles. The molecule has 1 aliphatic rings. The van der Waals surface area contributed by atoms with Crippen LogP contribution in [0.5, 0.6) is 0 Å². The van der Waals surface area contributed by atoms with Gasteiger partial charge in [0.25, 0.3) is 0 Å². The van der Waals surface area contributed by atoms with Crippen LogP contribution in [-0.2, 0) is 6.54 Å². The minimum absolute atomic E-state index is 0.0770. The van der Waals surface area contributed by atoms with Crippen LogP contribution < -0.4 is 5.32 Å². The van der Waals surface area contributed by atoms with Crippen LogP contribution >= 0.6 is 0 Å². The van der Waals surface area contributed by atoms with Gasteiger partial charge in [0.15, 0.2) is 0 Å². The largest absolute Gasteiger partial charge is 0.338 e. The first kappa shape index (κ1) is 15.8. The Morgan fingerprint density at radius 1 is 1.29 bits per heavy atom. The fraction of sp³-hybridized carbons (Fsp3) is 0.625. The zero-order valence-corrected chi connectivity index (χ0v) is 13.1. The van der Waals surface area contributed by atoms with Gasteiger partial charge < -0.3 is 10.2 Å². The third kappa shape index (κ3) is 5.34. The van der Waals surface area contributed by atoms with E-state index in [9.17, 15) is 4.79 Å². The zero-order valence-electron chi connectivity index (χ0n) is 13.1. The molecule has 2 rings (SSSR count). The molecule has 0 spiro atoms. The van der Waals surface area contributed by atoms with Crippen molar-refractivity contribution < 1.29 is 4.79 Å². The highest BCUT2D eigenvalue weighted by molar-refractivity contribution is 5.74. The molecule has 0 aromatic carbocycles. The summed E-state index contributed by atoms with van der Waals surface area (Å²) in [5, 5.41) is 3.00. The summed E-state index contributed by atoms with van der Waals surface area (Å²) in [5.74, 6) is 0.625. The lowest BCUT2D eigenvalue weighted by Gasteiger charge is -2.34. The summed E-state index contributed by atoms with van der Waals surface area (Å²) in [6.45, 7) is 9.38. The Labute approximate surface area is 127 Å². The van der Waals surface area contributed by atoms with E-state index in [2.05, 4.69) is 29.0 Å². The van der Waals surface area contributed by atoms with Crippen LogP contribution in [0.3, 0.4) is 0 Å². The lowest BCUT2D eigenvalue weighted by Crippen LogP contribution is -2.51. The Balaban J connectivity index is 1.69. The predicted molar refractivity (Wildman–Crippen MR) is 83.9 cm³/mol. The molecule has 21 heavy (non-hydrogen) atoms. The van der Waals surface area contributed by atoms with Crippen molar-refractivity contribution in [2.75, 3.05) is 32.7 Å². The number of aromatic nitrogens is 1. The van der Waals surface area contributed by atoms with Crippen molar-refractivity contribution in [1.29, 1.82) is 0 Å². The molecule has 2 heterocycles. The van der Waals surface area contributed by atoms with Gasteiger partial charge in [0.05, 0.1) is 5.69 Å². The highest BCUT2D eigenvalue weighted by atomic mass is 16.2. The number of carbonyl (C=O) groups is 1. The molecule has 5 nitrogen and oxygen atoms in total. The molecule has 5 heteroatoms. The van der Waals surface area contributed by atoms with Gasteiger partial charge in [0.1, 0.15) is 0 Å². The molecule has 0 bridgehead atoms. The highest BCUT2D eigenvalue weighted by Crippen LogP contribution is 2.07. The van der Waals surface area contributed by atoms with Crippen LogP contribution in [0.25, 0.3) is 0 Å². The Hall–Kier alpha value is -1.62. The van der Waals surface area contributed by atoms with E-state index in [1.165, 1.54) is 0 Å². The maximum absolute atomic E-state index is 12.0. The zero-order chi connectivity index (χ0) is 15.1. The first-order chi connectivity index (χ1) is 10.1. The van der Waals surface area contributed by atoms with Crippen LogP contribution in [-0.4, -0.2) is 53.5 Å². The third-order valence-corrected chi connectivity index (χ3v) is 3.77. The molecular formula is C16H26N4O. The number of pyridine rings is 1. The number of amides is 2. The van der Waals surface area contributed by atoms with Gasteiger partial charge in [-0.2, -0.15) is 0 Å². The number of rotatable bonds is 5. The van der Waals surface area contributed by atoms with Gasteiger partial charge in [-0.25, -0.2) is 4.79 Å². The fourth-order valence-electron chi connectivity index (χ4n) is 2.41. The first-order valence-corrected chi connectivity index (χ1v) is 7.80. The van der Waals surface area contributed by atoms with Crippen LogP contribution in [0.15, 0.2) is 24.4 Å². The van der Waals surface area contributed by atoms with Crippen molar-refractivity contribution in [2.45, 2.75) is 26.8 Å². The Morgan fingerprint density at radius 2 is 2.05 bits per heavy atom. The molecular weight excluding hydrogens is 264 g/mol. The van der Waals surface area contributed by atoms with Crippen LogP contribution in [0, 0.1) is 5.92 Å². The van der Waals surface area contributed by atoms with E-state index in [1.807, 2.05) is 29.3 Å². The molecule has 0 atom stereocenters. The van der Waals surface area contributed by atoms with Crippen LogP contribution in [0.4, 0.5) is 4.79 Å². The van der Waals surface area contributed by atoms with Gasteiger partial charge >= 0.3 is 6.03 Å². The second kappa shape index (κ2) is 7.98. The molecule has 1 aromatic heterocycles. The predicted octanol–water partition coefficient (Wildman–Crippen LogP) is 1.95. The van der Waals surface area contributed by atoms with Gasteiger partial charge in [-0.1, -0.05) is 19.9 Å². The molecule has 116 valence electrons. The van der Waals surface area contributed by atoms with Crippen molar-refractivity contribution in [1.82, 2.24) is 20.1 Å². The summed E-state index contributed by atoms with van der Waals surface area (Å²) >= 11 is 0. The van der Waals surface area contributed by atoms with E-state index in [-0.39, 0.29) is 6.03 Å².